The lowest BCUT2D eigenvalue weighted by atomic mass is 10.1. The summed E-state index contributed by atoms with van der Waals surface area (Å²) in [7, 11) is 1.81. The van der Waals surface area contributed by atoms with E-state index in [-0.39, 0.29) is 11.9 Å². The minimum Gasteiger partial charge on any atom is -0.335 e. The van der Waals surface area contributed by atoms with Gasteiger partial charge in [0.25, 0.3) is 5.91 Å². The number of rotatable bonds is 0. The average molecular weight is 196 g/mol. The molecule has 0 N–H and O–H groups in total. The lowest BCUT2D eigenvalue weighted by molar-refractivity contribution is 0.0784. The zero-order valence-corrected chi connectivity index (χ0v) is 8.30. The minimum absolute atomic E-state index is 0.0826. The van der Waals surface area contributed by atoms with Crippen LogP contribution in [0.25, 0.3) is 0 Å². The molecule has 1 aliphatic rings. The fraction of sp³-hybridized carbons (Fsp3) is 0.300. The molecule has 0 saturated carbocycles. The summed E-state index contributed by atoms with van der Waals surface area (Å²) >= 11 is 5.85. The zero-order valence-electron chi connectivity index (χ0n) is 7.54. The number of amides is 1. The molecule has 0 spiro atoms. The first kappa shape index (κ1) is 8.57. The number of carbonyl (C=O) groups is 1. The van der Waals surface area contributed by atoms with Gasteiger partial charge < -0.3 is 4.90 Å². The van der Waals surface area contributed by atoms with Crippen LogP contribution in [0.4, 0.5) is 0 Å². The first-order chi connectivity index (χ1) is 6.11. The summed E-state index contributed by atoms with van der Waals surface area (Å²) in [5.41, 5.74) is 1.81. The van der Waals surface area contributed by atoms with Crippen LogP contribution in [0.5, 0.6) is 0 Å². The van der Waals surface area contributed by atoms with Gasteiger partial charge in [0.1, 0.15) is 0 Å². The van der Waals surface area contributed by atoms with Crippen molar-refractivity contribution in [3.63, 3.8) is 0 Å². The van der Waals surface area contributed by atoms with Gasteiger partial charge in [0, 0.05) is 17.6 Å². The van der Waals surface area contributed by atoms with Gasteiger partial charge in [-0.25, -0.2) is 0 Å². The van der Waals surface area contributed by atoms with E-state index in [1.165, 1.54) is 0 Å². The molecule has 1 amide bonds. The summed E-state index contributed by atoms with van der Waals surface area (Å²) in [6.45, 7) is 2.00. The second-order valence-electron chi connectivity index (χ2n) is 3.32. The maximum atomic E-state index is 11.6. The van der Waals surface area contributed by atoms with E-state index in [0.29, 0.717) is 5.02 Å². The topological polar surface area (TPSA) is 20.3 Å². The molecule has 1 heterocycles. The molecule has 2 rings (SSSR count). The van der Waals surface area contributed by atoms with Gasteiger partial charge in [-0.3, -0.25) is 4.79 Å². The van der Waals surface area contributed by atoms with E-state index in [1.54, 1.807) is 24.1 Å². The molecule has 13 heavy (non-hydrogen) atoms. The molecule has 1 unspecified atom stereocenters. The maximum Gasteiger partial charge on any atom is 0.254 e. The number of halogens is 1. The van der Waals surface area contributed by atoms with E-state index >= 15 is 0 Å². The van der Waals surface area contributed by atoms with Gasteiger partial charge in [-0.05, 0) is 30.7 Å². The van der Waals surface area contributed by atoms with Crippen LogP contribution in [0.1, 0.15) is 28.9 Å². The van der Waals surface area contributed by atoms with Gasteiger partial charge in [-0.15, -0.1) is 0 Å². The van der Waals surface area contributed by atoms with Crippen molar-refractivity contribution in [3.05, 3.63) is 34.3 Å². The van der Waals surface area contributed by atoms with E-state index in [1.807, 2.05) is 13.0 Å². The lowest BCUT2D eigenvalue weighted by Gasteiger charge is -2.14. The predicted octanol–water partition coefficient (Wildman–Crippen LogP) is 2.49. The molecular weight excluding hydrogens is 186 g/mol. The van der Waals surface area contributed by atoms with Crippen molar-refractivity contribution in [2.75, 3.05) is 7.05 Å². The van der Waals surface area contributed by atoms with E-state index in [9.17, 15) is 4.79 Å². The fourth-order valence-corrected chi connectivity index (χ4v) is 1.83. The van der Waals surface area contributed by atoms with Crippen LogP contribution in [0.15, 0.2) is 18.2 Å². The number of hydrogen-bond donors (Lipinski definition) is 0. The number of hydrogen-bond acceptors (Lipinski definition) is 1. The summed E-state index contributed by atoms with van der Waals surface area (Å²) in [6.07, 6.45) is 0. The SMILES string of the molecule is CC1c2cc(Cl)ccc2C(=O)N1C. The van der Waals surface area contributed by atoms with Crippen LogP contribution in [-0.2, 0) is 0 Å². The normalized spacial score (nSPS) is 20.7. The van der Waals surface area contributed by atoms with Crippen LogP contribution >= 0.6 is 11.6 Å². The van der Waals surface area contributed by atoms with Gasteiger partial charge in [0.15, 0.2) is 0 Å². The Balaban J connectivity index is 2.60. The van der Waals surface area contributed by atoms with Gasteiger partial charge >= 0.3 is 0 Å². The van der Waals surface area contributed by atoms with Crippen molar-refractivity contribution in [3.8, 4) is 0 Å². The first-order valence-electron chi connectivity index (χ1n) is 4.18. The van der Waals surface area contributed by atoms with Crippen molar-refractivity contribution < 1.29 is 4.79 Å². The molecule has 1 atom stereocenters. The van der Waals surface area contributed by atoms with Crippen LogP contribution in [0.2, 0.25) is 5.02 Å². The van der Waals surface area contributed by atoms with Crippen LogP contribution in [0.3, 0.4) is 0 Å². The molecule has 0 aliphatic carbocycles. The maximum absolute atomic E-state index is 11.6. The molecule has 0 aromatic heterocycles. The van der Waals surface area contributed by atoms with Gasteiger partial charge in [-0.2, -0.15) is 0 Å². The summed E-state index contributed by atoms with van der Waals surface area (Å²) in [4.78, 5) is 13.3. The molecule has 68 valence electrons. The molecule has 3 heteroatoms. The minimum atomic E-state index is 0.0826. The first-order valence-corrected chi connectivity index (χ1v) is 4.55. The third-order valence-electron chi connectivity index (χ3n) is 2.60. The van der Waals surface area contributed by atoms with Crippen molar-refractivity contribution in [2.24, 2.45) is 0 Å². The highest BCUT2D eigenvalue weighted by molar-refractivity contribution is 6.30. The molecule has 0 bridgehead atoms. The Bertz CT molecular complexity index is 375. The van der Waals surface area contributed by atoms with Gasteiger partial charge in [0.2, 0.25) is 0 Å². The molecule has 1 aliphatic heterocycles. The van der Waals surface area contributed by atoms with Crippen molar-refractivity contribution in [1.82, 2.24) is 4.90 Å². The van der Waals surface area contributed by atoms with Crippen molar-refractivity contribution in [2.45, 2.75) is 13.0 Å². The summed E-state index contributed by atoms with van der Waals surface area (Å²) in [5.74, 6) is 0.0826. The quantitative estimate of drug-likeness (QED) is 0.623. The zero-order chi connectivity index (χ0) is 9.59. The summed E-state index contributed by atoms with van der Waals surface area (Å²) in [6, 6.07) is 5.55. The van der Waals surface area contributed by atoms with Crippen LogP contribution < -0.4 is 0 Å². The standard InChI is InChI=1S/C10H10ClNO/c1-6-9-5-7(11)3-4-8(9)10(13)12(6)2/h3-6H,1-2H3. The van der Waals surface area contributed by atoms with E-state index in [2.05, 4.69) is 0 Å². The highest BCUT2D eigenvalue weighted by Crippen LogP contribution is 2.33. The second-order valence-corrected chi connectivity index (χ2v) is 3.76. The Morgan fingerprint density at radius 2 is 2.15 bits per heavy atom. The van der Waals surface area contributed by atoms with E-state index in [0.717, 1.165) is 11.1 Å². The van der Waals surface area contributed by atoms with Crippen LogP contribution in [-0.4, -0.2) is 17.9 Å². The van der Waals surface area contributed by atoms with Crippen molar-refractivity contribution >= 4 is 17.5 Å². The smallest absolute Gasteiger partial charge is 0.254 e. The largest absolute Gasteiger partial charge is 0.335 e. The fourth-order valence-electron chi connectivity index (χ4n) is 1.65. The number of carbonyl (C=O) groups excluding carboxylic acids is 1. The molecule has 1 aromatic rings. The second kappa shape index (κ2) is 2.74. The summed E-state index contributed by atoms with van der Waals surface area (Å²) in [5, 5.41) is 0.689. The Kier molecular flexibility index (Phi) is 1.81. The Labute approximate surface area is 82.1 Å². The Morgan fingerprint density at radius 3 is 2.85 bits per heavy atom. The molecule has 0 fully saturated rings. The molecule has 1 aromatic carbocycles. The predicted molar refractivity (Wildman–Crippen MR) is 52.0 cm³/mol. The lowest BCUT2D eigenvalue weighted by Crippen LogP contribution is -2.20. The van der Waals surface area contributed by atoms with Crippen molar-refractivity contribution in [1.29, 1.82) is 0 Å². The van der Waals surface area contributed by atoms with Crippen LogP contribution in [0, 0.1) is 0 Å². The van der Waals surface area contributed by atoms with Gasteiger partial charge in [0.05, 0.1) is 6.04 Å². The molecule has 0 saturated heterocycles. The summed E-state index contributed by atoms with van der Waals surface area (Å²) < 4.78 is 0. The molecular formula is C10H10ClNO. The number of nitrogens with zero attached hydrogens (tertiary/aromatic N) is 1. The molecule has 2 nitrogen and oxygen atoms in total. The number of benzene rings is 1. The monoisotopic (exact) mass is 195 g/mol. The highest BCUT2D eigenvalue weighted by Gasteiger charge is 2.30. The highest BCUT2D eigenvalue weighted by atomic mass is 35.5. The molecule has 0 radical (unpaired) electrons. The van der Waals surface area contributed by atoms with E-state index in [4.69, 9.17) is 11.6 Å². The Morgan fingerprint density at radius 1 is 1.46 bits per heavy atom. The third kappa shape index (κ3) is 1.13. The Hall–Kier alpha value is -1.02. The third-order valence-corrected chi connectivity index (χ3v) is 2.83. The van der Waals surface area contributed by atoms with Gasteiger partial charge in [-0.1, -0.05) is 11.6 Å². The van der Waals surface area contributed by atoms with E-state index < -0.39 is 0 Å². The average Bonchev–Trinajstić information content (AvgIpc) is 2.32. The number of fused-ring (bicyclic) bond motifs is 1.